The molecule has 1 aromatic heterocycles. The highest BCUT2D eigenvalue weighted by atomic mass is 35.7. The maximum atomic E-state index is 12.5. The third-order valence-corrected chi connectivity index (χ3v) is 2.44. The standard InChI is InChI=1S/C6H5ClFNO3S/c1-12-4-2-3-5(8)9-6(4)13(7,10)11/h2-3H,1H3. The minimum Gasteiger partial charge on any atom is -0.494 e. The molecule has 0 radical (unpaired) electrons. The van der Waals surface area contributed by atoms with Gasteiger partial charge in [-0.1, -0.05) is 0 Å². The van der Waals surface area contributed by atoms with Gasteiger partial charge in [0.2, 0.25) is 11.0 Å². The Morgan fingerprint density at radius 1 is 1.54 bits per heavy atom. The van der Waals surface area contributed by atoms with Crippen molar-refractivity contribution in [2.75, 3.05) is 7.11 Å². The Kier molecular flexibility index (Phi) is 2.72. The first-order valence-corrected chi connectivity index (χ1v) is 5.41. The normalized spacial score (nSPS) is 11.3. The van der Waals surface area contributed by atoms with E-state index in [1.807, 2.05) is 0 Å². The zero-order chi connectivity index (χ0) is 10.1. The van der Waals surface area contributed by atoms with Crippen LogP contribution in [0, 0.1) is 5.95 Å². The van der Waals surface area contributed by atoms with E-state index >= 15 is 0 Å². The summed E-state index contributed by atoms with van der Waals surface area (Å²) in [4.78, 5) is 3.10. The Labute approximate surface area is 78.7 Å². The molecule has 0 spiro atoms. The van der Waals surface area contributed by atoms with Gasteiger partial charge in [-0.2, -0.15) is 4.39 Å². The molecule has 0 fully saturated rings. The molecule has 1 rings (SSSR count). The fourth-order valence-electron chi connectivity index (χ4n) is 0.735. The van der Waals surface area contributed by atoms with Gasteiger partial charge in [-0.3, -0.25) is 0 Å². The van der Waals surface area contributed by atoms with Crippen LogP contribution in [0.15, 0.2) is 17.2 Å². The molecule has 0 saturated carbocycles. The van der Waals surface area contributed by atoms with E-state index in [0.29, 0.717) is 0 Å². The van der Waals surface area contributed by atoms with Crippen LogP contribution in [0.3, 0.4) is 0 Å². The van der Waals surface area contributed by atoms with Crippen LogP contribution in [0.5, 0.6) is 5.75 Å². The van der Waals surface area contributed by atoms with Crippen molar-refractivity contribution in [1.29, 1.82) is 0 Å². The van der Waals surface area contributed by atoms with Crippen LogP contribution in [0.25, 0.3) is 0 Å². The molecule has 72 valence electrons. The molecule has 1 aromatic rings. The van der Waals surface area contributed by atoms with E-state index in [1.54, 1.807) is 0 Å². The van der Waals surface area contributed by atoms with Crippen molar-refractivity contribution < 1.29 is 17.5 Å². The fourth-order valence-corrected chi connectivity index (χ4v) is 1.65. The first-order valence-electron chi connectivity index (χ1n) is 3.10. The van der Waals surface area contributed by atoms with Gasteiger partial charge in [0.1, 0.15) is 0 Å². The van der Waals surface area contributed by atoms with Gasteiger partial charge in [0, 0.05) is 10.7 Å². The van der Waals surface area contributed by atoms with Gasteiger partial charge in [-0.15, -0.1) is 0 Å². The van der Waals surface area contributed by atoms with Crippen molar-refractivity contribution >= 4 is 19.7 Å². The summed E-state index contributed by atoms with van der Waals surface area (Å²) in [5.41, 5.74) is 0. The second kappa shape index (κ2) is 3.47. The highest BCUT2D eigenvalue weighted by Crippen LogP contribution is 2.24. The minimum atomic E-state index is -4.07. The van der Waals surface area contributed by atoms with Crippen LogP contribution >= 0.6 is 10.7 Å². The molecule has 0 atom stereocenters. The average Bonchev–Trinajstić information content (AvgIpc) is 2.03. The molecule has 1 heterocycles. The number of aromatic nitrogens is 1. The lowest BCUT2D eigenvalue weighted by atomic mass is 10.4. The Morgan fingerprint density at radius 3 is 2.62 bits per heavy atom. The maximum Gasteiger partial charge on any atom is 0.282 e. The van der Waals surface area contributed by atoms with Gasteiger partial charge in [0.25, 0.3) is 9.05 Å². The summed E-state index contributed by atoms with van der Waals surface area (Å²) < 4.78 is 38.8. The molecule has 0 bridgehead atoms. The lowest BCUT2D eigenvalue weighted by Crippen LogP contribution is -2.00. The van der Waals surface area contributed by atoms with E-state index in [4.69, 9.17) is 10.7 Å². The monoisotopic (exact) mass is 225 g/mol. The predicted octanol–water partition coefficient (Wildman–Crippen LogP) is 1.16. The smallest absolute Gasteiger partial charge is 0.282 e. The summed E-state index contributed by atoms with van der Waals surface area (Å²) >= 11 is 0. The van der Waals surface area contributed by atoms with Gasteiger partial charge < -0.3 is 4.74 Å². The minimum absolute atomic E-state index is 0.0867. The maximum absolute atomic E-state index is 12.5. The van der Waals surface area contributed by atoms with Crippen molar-refractivity contribution in [1.82, 2.24) is 4.98 Å². The molecule has 13 heavy (non-hydrogen) atoms. The van der Waals surface area contributed by atoms with Crippen LogP contribution in [0.1, 0.15) is 0 Å². The second-order valence-electron chi connectivity index (χ2n) is 2.08. The molecule has 0 amide bonds. The number of pyridine rings is 1. The predicted molar refractivity (Wildman–Crippen MR) is 43.8 cm³/mol. The van der Waals surface area contributed by atoms with Crippen LogP contribution in [-0.2, 0) is 9.05 Å². The molecule has 0 aliphatic rings. The molecule has 0 saturated heterocycles. The molecule has 4 nitrogen and oxygen atoms in total. The van der Waals surface area contributed by atoms with E-state index < -0.39 is 20.0 Å². The molecule has 0 aliphatic heterocycles. The molecule has 0 aliphatic carbocycles. The SMILES string of the molecule is COc1ccc(F)nc1S(=O)(=O)Cl. The first kappa shape index (κ1) is 10.2. The quantitative estimate of drug-likeness (QED) is 0.560. The van der Waals surface area contributed by atoms with Crippen LogP contribution in [-0.4, -0.2) is 20.5 Å². The first-order chi connectivity index (χ1) is 5.95. The molecular weight excluding hydrogens is 221 g/mol. The Morgan fingerprint density at radius 2 is 2.15 bits per heavy atom. The lowest BCUT2D eigenvalue weighted by molar-refractivity contribution is 0.394. The summed E-state index contributed by atoms with van der Waals surface area (Å²) in [6.45, 7) is 0. The summed E-state index contributed by atoms with van der Waals surface area (Å²) in [6.07, 6.45) is 0. The Balaban J connectivity index is 3.41. The third-order valence-electron chi connectivity index (χ3n) is 1.24. The zero-order valence-electron chi connectivity index (χ0n) is 6.49. The van der Waals surface area contributed by atoms with Gasteiger partial charge >= 0.3 is 0 Å². The lowest BCUT2D eigenvalue weighted by Gasteiger charge is -2.03. The second-order valence-corrected chi connectivity index (χ2v) is 4.56. The Hall–Kier alpha value is -0.880. The largest absolute Gasteiger partial charge is 0.494 e. The van der Waals surface area contributed by atoms with E-state index in [2.05, 4.69) is 9.72 Å². The summed E-state index contributed by atoms with van der Waals surface area (Å²) in [6, 6.07) is 2.11. The molecule has 0 N–H and O–H groups in total. The molecular formula is C6H5ClFNO3S. The van der Waals surface area contributed by atoms with E-state index in [1.165, 1.54) is 7.11 Å². The van der Waals surface area contributed by atoms with Gasteiger partial charge in [0.15, 0.2) is 5.75 Å². The van der Waals surface area contributed by atoms with E-state index in [0.717, 1.165) is 12.1 Å². The zero-order valence-corrected chi connectivity index (χ0v) is 8.06. The number of rotatable bonds is 2. The van der Waals surface area contributed by atoms with Crippen molar-refractivity contribution in [2.24, 2.45) is 0 Å². The van der Waals surface area contributed by atoms with Crippen LogP contribution < -0.4 is 4.74 Å². The highest BCUT2D eigenvalue weighted by molar-refractivity contribution is 8.13. The summed E-state index contributed by atoms with van der Waals surface area (Å²) in [7, 11) is 2.14. The van der Waals surface area contributed by atoms with E-state index in [9.17, 15) is 12.8 Å². The van der Waals surface area contributed by atoms with Crippen molar-refractivity contribution in [2.45, 2.75) is 5.03 Å². The topological polar surface area (TPSA) is 56.3 Å². The van der Waals surface area contributed by atoms with Crippen molar-refractivity contribution in [3.8, 4) is 5.75 Å². The van der Waals surface area contributed by atoms with Crippen LogP contribution in [0.2, 0.25) is 0 Å². The van der Waals surface area contributed by atoms with Crippen molar-refractivity contribution in [3.05, 3.63) is 18.1 Å². The molecule has 7 heteroatoms. The number of hydrogen-bond acceptors (Lipinski definition) is 4. The number of halogens is 2. The van der Waals surface area contributed by atoms with E-state index in [-0.39, 0.29) is 5.75 Å². The average molecular weight is 226 g/mol. The Bertz CT molecular complexity index is 420. The van der Waals surface area contributed by atoms with Gasteiger partial charge in [-0.05, 0) is 12.1 Å². The number of hydrogen-bond donors (Lipinski definition) is 0. The van der Waals surface area contributed by atoms with Gasteiger partial charge in [0.05, 0.1) is 7.11 Å². The molecule has 0 aromatic carbocycles. The fraction of sp³-hybridized carbons (Fsp3) is 0.167. The third kappa shape index (κ3) is 2.28. The van der Waals surface area contributed by atoms with Crippen LogP contribution in [0.4, 0.5) is 4.39 Å². The number of nitrogens with zero attached hydrogens (tertiary/aromatic N) is 1. The number of methoxy groups -OCH3 is 1. The number of ether oxygens (including phenoxy) is 1. The van der Waals surface area contributed by atoms with Crippen molar-refractivity contribution in [3.63, 3.8) is 0 Å². The summed E-state index contributed by atoms with van der Waals surface area (Å²) in [5.74, 6) is -1.02. The van der Waals surface area contributed by atoms with Gasteiger partial charge in [-0.25, -0.2) is 13.4 Å². The molecule has 0 unspecified atom stereocenters. The highest BCUT2D eigenvalue weighted by Gasteiger charge is 2.19. The summed E-state index contributed by atoms with van der Waals surface area (Å²) in [5, 5.41) is -0.614.